The smallest absolute Gasteiger partial charge is 0.161 e. The second-order valence-electron chi connectivity index (χ2n) is 16.4. The van der Waals surface area contributed by atoms with Gasteiger partial charge in [0.1, 0.15) is 36.1 Å². The molecule has 58 heavy (non-hydrogen) atoms. The number of hydrogen-bond acceptors (Lipinski definition) is 6. The van der Waals surface area contributed by atoms with Gasteiger partial charge in [0, 0.05) is 30.7 Å². The van der Waals surface area contributed by atoms with Gasteiger partial charge in [-0.3, -0.25) is 4.79 Å². The number of carbonyl (C=O) groups excluding carboxylic acids is 1. The van der Waals surface area contributed by atoms with Gasteiger partial charge in [-0.05, 0) is 131 Å². The molecule has 0 saturated heterocycles. The summed E-state index contributed by atoms with van der Waals surface area (Å²) in [5, 5.41) is 24.0. The number of ketones is 1. The molecule has 6 bridgehead atoms. The third-order valence-corrected chi connectivity index (χ3v) is 12.3. The van der Waals surface area contributed by atoms with Crippen molar-refractivity contribution in [3.63, 3.8) is 0 Å². The van der Waals surface area contributed by atoms with Crippen LogP contribution in [0.2, 0.25) is 0 Å². The number of aryl methyl sites for hydroxylation is 3. The summed E-state index contributed by atoms with van der Waals surface area (Å²) in [6.07, 6.45) is 23.7. The number of unbranched alkanes of at least 4 members (excludes halogenated alkanes) is 3. The fourth-order valence-electron chi connectivity index (χ4n) is 9.01. The fraction of sp³-hybridized carbons (Fsp3) is 0.404. The SMILES string of the molecule is CCCCCc1ccccc1CCCC[C@H]1C=CC(O)=C[C@H]1C[C@@H]1CC(=O)CCc2ccc(OC)c(c2)OCc2ccc3c(c(O)cc4c3c2C=C[C@H]4C)CC#CO1. The molecule has 2 heterocycles. The minimum atomic E-state index is -0.464. The molecule has 0 saturated carbocycles. The summed E-state index contributed by atoms with van der Waals surface area (Å²) in [5.74, 6) is 5.37. The molecule has 8 rings (SSSR count). The Labute approximate surface area is 344 Å². The van der Waals surface area contributed by atoms with Crippen LogP contribution in [0, 0.1) is 23.9 Å². The quantitative estimate of drug-likeness (QED) is 0.110. The van der Waals surface area contributed by atoms with Crippen LogP contribution in [0.15, 0.2) is 90.7 Å². The number of hydrogen-bond donors (Lipinski definition) is 2. The van der Waals surface area contributed by atoms with Crippen LogP contribution in [0.3, 0.4) is 0 Å². The van der Waals surface area contributed by atoms with Crippen molar-refractivity contribution in [2.24, 2.45) is 11.8 Å². The molecule has 6 heteroatoms. The number of aromatic hydroxyl groups is 1. The first kappa shape index (κ1) is 40.8. The highest BCUT2D eigenvalue weighted by molar-refractivity contribution is 6.00. The second kappa shape index (κ2) is 19.4. The van der Waals surface area contributed by atoms with Crippen LogP contribution in [0.4, 0.5) is 0 Å². The third kappa shape index (κ3) is 9.81. The minimum Gasteiger partial charge on any atom is -0.508 e. The Kier molecular flexibility index (Phi) is 13.6. The van der Waals surface area contributed by atoms with Crippen molar-refractivity contribution in [2.45, 2.75) is 116 Å². The Hall–Kier alpha value is -5.41. The van der Waals surface area contributed by atoms with E-state index in [1.54, 1.807) is 13.2 Å². The van der Waals surface area contributed by atoms with E-state index < -0.39 is 6.10 Å². The Morgan fingerprint density at radius 3 is 2.50 bits per heavy atom. The van der Waals surface area contributed by atoms with Gasteiger partial charge in [0.2, 0.25) is 0 Å². The lowest BCUT2D eigenvalue weighted by atomic mass is 9.80. The highest BCUT2D eigenvalue weighted by Crippen LogP contribution is 2.42. The highest BCUT2D eigenvalue weighted by Gasteiger charge is 2.27. The van der Waals surface area contributed by atoms with Crippen molar-refractivity contribution < 1.29 is 29.2 Å². The van der Waals surface area contributed by atoms with Crippen molar-refractivity contribution in [1.82, 2.24) is 0 Å². The number of fused-ring (bicyclic) bond motifs is 9. The molecule has 4 atom stereocenters. The lowest BCUT2D eigenvalue weighted by Gasteiger charge is -2.28. The number of phenolic OH excluding ortho intramolecular Hbond substituents is 1. The Balaban J connectivity index is 1.12. The summed E-state index contributed by atoms with van der Waals surface area (Å²) in [7, 11) is 1.64. The van der Waals surface area contributed by atoms with E-state index in [1.165, 1.54) is 30.4 Å². The van der Waals surface area contributed by atoms with E-state index in [9.17, 15) is 15.0 Å². The molecule has 302 valence electrons. The second-order valence-corrected chi connectivity index (χ2v) is 16.4. The molecule has 0 fully saturated rings. The maximum atomic E-state index is 13.7. The lowest BCUT2D eigenvalue weighted by molar-refractivity contribution is -0.121. The third-order valence-electron chi connectivity index (χ3n) is 12.3. The monoisotopic (exact) mass is 778 g/mol. The zero-order valence-corrected chi connectivity index (χ0v) is 34.4. The van der Waals surface area contributed by atoms with E-state index in [2.05, 4.69) is 80.5 Å². The predicted molar refractivity (Wildman–Crippen MR) is 233 cm³/mol. The molecular formula is C52H58O6. The molecule has 0 unspecified atom stereocenters. The molecule has 0 amide bonds. The van der Waals surface area contributed by atoms with E-state index in [0.717, 1.165) is 70.7 Å². The van der Waals surface area contributed by atoms with Gasteiger partial charge in [-0.15, -0.1) is 0 Å². The Morgan fingerprint density at radius 2 is 1.71 bits per heavy atom. The number of aliphatic hydroxyl groups is 1. The van der Waals surface area contributed by atoms with E-state index in [-0.39, 0.29) is 47.9 Å². The molecule has 4 aromatic carbocycles. The highest BCUT2D eigenvalue weighted by atomic mass is 16.5. The molecule has 2 aliphatic carbocycles. The van der Waals surface area contributed by atoms with Gasteiger partial charge in [-0.25, -0.2) is 0 Å². The first-order valence-corrected chi connectivity index (χ1v) is 21.4. The molecule has 0 spiro atoms. The maximum Gasteiger partial charge on any atom is 0.161 e. The van der Waals surface area contributed by atoms with Crippen LogP contribution < -0.4 is 9.47 Å². The molecule has 0 aromatic heterocycles. The number of phenols is 1. The average molecular weight is 779 g/mol. The summed E-state index contributed by atoms with van der Waals surface area (Å²) < 4.78 is 18.4. The summed E-state index contributed by atoms with van der Waals surface area (Å²) in [5.41, 5.74) is 7.86. The van der Waals surface area contributed by atoms with E-state index in [4.69, 9.17) is 14.2 Å². The van der Waals surface area contributed by atoms with Crippen molar-refractivity contribution >= 4 is 22.6 Å². The standard InChI is InChI=1S/C52H58O6/c1-4-5-6-12-37-13-7-8-14-38(37)15-9-10-16-39-21-24-42(53)30-41(39)31-44-32-43(54)23-19-36-20-27-50(56-3)51(29-36)58-34-40-22-26-47-46(17-11-28-57-44)49(55)33-48-35(2)18-25-45(40)52(47)48/h7-8,13-14,18,20-22,24-27,29-30,33,35,39,41,44,53,55H,4-6,9-10,12,15-17,19,23,31-32,34H2,1-3H3/t35-,39+,41+,44-/m1/s1. The number of ether oxygens (including phenoxy) is 3. The Morgan fingerprint density at radius 1 is 0.897 bits per heavy atom. The summed E-state index contributed by atoms with van der Waals surface area (Å²) in [6.45, 7) is 4.72. The van der Waals surface area contributed by atoms with Crippen LogP contribution in [0.25, 0.3) is 16.8 Å². The zero-order chi connectivity index (χ0) is 40.4. The predicted octanol–water partition coefficient (Wildman–Crippen LogP) is 11.8. The summed E-state index contributed by atoms with van der Waals surface area (Å²) >= 11 is 0. The Bertz CT molecular complexity index is 2250. The first-order valence-electron chi connectivity index (χ1n) is 21.4. The topological polar surface area (TPSA) is 85.2 Å². The van der Waals surface area contributed by atoms with Crippen LogP contribution in [-0.2, 0) is 41.8 Å². The van der Waals surface area contributed by atoms with E-state index in [1.807, 2.05) is 30.3 Å². The van der Waals surface area contributed by atoms with Gasteiger partial charge >= 0.3 is 0 Å². The largest absolute Gasteiger partial charge is 0.508 e. The van der Waals surface area contributed by atoms with Gasteiger partial charge < -0.3 is 24.4 Å². The van der Waals surface area contributed by atoms with Crippen LogP contribution in [0.5, 0.6) is 17.2 Å². The summed E-state index contributed by atoms with van der Waals surface area (Å²) in [6, 6.07) is 20.8. The lowest BCUT2D eigenvalue weighted by Crippen LogP contribution is -2.24. The van der Waals surface area contributed by atoms with Crippen LogP contribution in [-0.4, -0.2) is 29.2 Å². The van der Waals surface area contributed by atoms with Gasteiger partial charge in [0.25, 0.3) is 0 Å². The van der Waals surface area contributed by atoms with Crippen molar-refractivity contribution in [3.05, 3.63) is 130 Å². The number of aliphatic hydroxyl groups excluding tert-OH is 1. The molecule has 2 N–H and O–H groups in total. The van der Waals surface area contributed by atoms with E-state index in [0.29, 0.717) is 37.4 Å². The zero-order valence-electron chi connectivity index (χ0n) is 34.4. The maximum absolute atomic E-state index is 13.7. The van der Waals surface area contributed by atoms with Crippen molar-refractivity contribution in [2.75, 3.05) is 7.11 Å². The molecule has 4 aromatic rings. The van der Waals surface area contributed by atoms with Crippen LogP contribution >= 0.6 is 0 Å². The van der Waals surface area contributed by atoms with Gasteiger partial charge in [-0.2, -0.15) is 0 Å². The van der Waals surface area contributed by atoms with Gasteiger partial charge in [0.05, 0.1) is 7.11 Å². The number of Topliss-reactive ketones (excluding diaryl/α,β-unsaturated/α-hetero) is 1. The molecule has 4 aliphatic rings. The van der Waals surface area contributed by atoms with Gasteiger partial charge in [0.15, 0.2) is 11.5 Å². The number of carbonyl (C=O) groups is 1. The van der Waals surface area contributed by atoms with Crippen LogP contribution in [0.1, 0.15) is 116 Å². The van der Waals surface area contributed by atoms with E-state index >= 15 is 0 Å². The minimum absolute atomic E-state index is 0.00238. The molecule has 6 nitrogen and oxygen atoms in total. The molecule has 2 aliphatic heterocycles. The first-order chi connectivity index (χ1) is 28.3. The number of allylic oxidation sites excluding steroid dienone is 4. The number of rotatable bonds is 12. The van der Waals surface area contributed by atoms with Crippen molar-refractivity contribution in [1.29, 1.82) is 0 Å². The average Bonchev–Trinajstić information content (AvgIpc) is 3.22. The fourth-order valence-corrected chi connectivity index (χ4v) is 9.01. The van der Waals surface area contributed by atoms with Gasteiger partial charge in [-0.1, -0.05) is 99.7 Å². The normalized spacial score (nSPS) is 20.3. The molecule has 0 radical (unpaired) electrons. The molecular weight excluding hydrogens is 721 g/mol. The van der Waals surface area contributed by atoms with Crippen molar-refractivity contribution in [3.8, 4) is 29.3 Å². The summed E-state index contributed by atoms with van der Waals surface area (Å²) in [4.78, 5) is 13.7. The number of benzene rings is 4. The number of methoxy groups -OCH3 is 1.